The number of rotatable bonds is 6. The number of carbonyl (C=O) groups excluding carboxylic acids is 2. The quantitative estimate of drug-likeness (QED) is 0.365. The summed E-state index contributed by atoms with van der Waals surface area (Å²) in [6.45, 7) is 4.72. The number of aromatic nitrogens is 3. The summed E-state index contributed by atoms with van der Waals surface area (Å²) >= 11 is 0. The van der Waals surface area contributed by atoms with Crippen LogP contribution in [0.4, 0.5) is 5.69 Å². The topological polar surface area (TPSA) is 101 Å². The third-order valence-electron chi connectivity index (χ3n) is 6.94. The number of hydrogen-bond donors (Lipinski definition) is 3. The Hall–Kier alpha value is -4.04. The summed E-state index contributed by atoms with van der Waals surface area (Å²) in [5, 5.41) is 14.7. The number of fused-ring (bicyclic) bond motifs is 1. The Kier molecular flexibility index (Phi) is 7.01. The van der Waals surface area contributed by atoms with Crippen LogP contribution >= 0.6 is 0 Å². The van der Waals surface area contributed by atoms with E-state index in [4.69, 9.17) is 4.98 Å². The molecule has 2 aromatic heterocycles. The summed E-state index contributed by atoms with van der Waals surface area (Å²) in [5.74, 6) is -0.254. The highest BCUT2D eigenvalue weighted by atomic mass is 16.2. The highest BCUT2D eigenvalue weighted by molar-refractivity contribution is 6.00. The molecule has 4 aromatic rings. The molecule has 0 radical (unpaired) electrons. The van der Waals surface area contributed by atoms with Crippen LogP contribution in [0.5, 0.6) is 0 Å². The molecule has 3 N–H and O–H groups in total. The molecule has 8 heteroatoms. The van der Waals surface area contributed by atoms with Crippen molar-refractivity contribution in [3.8, 4) is 11.3 Å². The summed E-state index contributed by atoms with van der Waals surface area (Å²) in [6, 6.07) is 14.9. The molecule has 0 aliphatic carbocycles. The maximum atomic E-state index is 13.4. The van der Waals surface area contributed by atoms with Crippen LogP contribution in [-0.2, 0) is 11.8 Å². The molecule has 1 saturated heterocycles. The lowest BCUT2D eigenvalue weighted by Crippen LogP contribution is -2.43. The van der Waals surface area contributed by atoms with Crippen molar-refractivity contribution in [2.45, 2.75) is 45.2 Å². The fraction of sp³-hybridized carbons (Fsp3) is 0.310. The summed E-state index contributed by atoms with van der Waals surface area (Å²) in [7, 11) is 1.87. The Morgan fingerprint density at radius 3 is 2.73 bits per heavy atom. The minimum absolute atomic E-state index is 0.0607. The van der Waals surface area contributed by atoms with Gasteiger partial charge in [0.15, 0.2) is 0 Å². The SMILES string of the molecule is Cc1ccc(NC(=O)C2CCCCN2)cc1C(=O)N[C@H](C)c1cc(-c2cnn(C)c2)nc2ccccc12. The first-order valence-corrected chi connectivity index (χ1v) is 12.7. The van der Waals surface area contributed by atoms with Crippen molar-refractivity contribution in [3.05, 3.63) is 77.6 Å². The third-order valence-corrected chi connectivity index (χ3v) is 6.94. The molecular weight excluding hydrogens is 464 g/mol. The van der Waals surface area contributed by atoms with Gasteiger partial charge in [-0.25, -0.2) is 4.98 Å². The largest absolute Gasteiger partial charge is 0.345 e. The van der Waals surface area contributed by atoms with Crippen molar-refractivity contribution in [1.82, 2.24) is 25.4 Å². The number of anilines is 1. The molecule has 5 rings (SSSR count). The fourth-order valence-electron chi connectivity index (χ4n) is 4.86. The zero-order valence-electron chi connectivity index (χ0n) is 21.4. The van der Waals surface area contributed by atoms with Gasteiger partial charge in [-0.1, -0.05) is 30.7 Å². The zero-order valence-corrected chi connectivity index (χ0v) is 21.4. The average molecular weight is 497 g/mol. The number of para-hydroxylation sites is 1. The van der Waals surface area contributed by atoms with Crippen LogP contribution < -0.4 is 16.0 Å². The number of hydrogen-bond acceptors (Lipinski definition) is 5. The number of aryl methyl sites for hydroxylation is 2. The van der Waals surface area contributed by atoms with E-state index in [1.807, 2.05) is 69.6 Å². The van der Waals surface area contributed by atoms with Gasteiger partial charge in [-0.05, 0) is 68.6 Å². The molecule has 0 bridgehead atoms. The summed E-state index contributed by atoms with van der Waals surface area (Å²) in [6.07, 6.45) is 6.67. The maximum absolute atomic E-state index is 13.4. The van der Waals surface area contributed by atoms with E-state index in [0.29, 0.717) is 11.3 Å². The Morgan fingerprint density at radius 2 is 1.97 bits per heavy atom. The summed E-state index contributed by atoms with van der Waals surface area (Å²) in [5.41, 5.74) is 5.55. The Balaban J connectivity index is 1.39. The second-order valence-electron chi connectivity index (χ2n) is 9.73. The van der Waals surface area contributed by atoms with Crippen LogP contribution in [0.3, 0.4) is 0 Å². The molecule has 2 amide bonds. The molecule has 37 heavy (non-hydrogen) atoms. The zero-order chi connectivity index (χ0) is 25.9. The summed E-state index contributed by atoms with van der Waals surface area (Å²) in [4.78, 5) is 30.9. The second kappa shape index (κ2) is 10.5. The number of carbonyl (C=O) groups is 2. The van der Waals surface area contributed by atoms with Crippen molar-refractivity contribution in [2.24, 2.45) is 7.05 Å². The summed E-state index contributed by atoms with van der Waals surface area (Å²) < 4.78 is 1.75. The molecule has 190 valence electrons. The van der Waals surface area contributed by atoms with Gasteiger partial charge < -0.3 is 16.0 Å². The number of amides is 2. The van der Waals surface area contributed by atoms with E-state index in [2.05, 4.69) is 21.0 Å². The van der Waals surface area contributed by atoms with Crippen LogP contribution in [0.15, 0.2) is 60.9 Å². The number of pyridine rings is 1. The third kappa shape index (κ3) is 5.39. The van der Waals surface area contributed by atoms with E-state index < -0.39 is 0 Å². The number of nitrogens with one attached hydrogen (secondary N) is 3. The first kappa shape index (κ1) is 24.6. The van der Waals surface area contributed by atoms with Gasteiger partial charge in [-0.15, -0.1) is 0 Å². The lowest BCUT2D eigenvalue weighted by molar-refractivity contribution is -0.118. The Morgan fingerprint density at radius 1 is 1.14 bits per heavy atom. The minimum atomic E-state index is -0.278. The average Bonchev–Trinajstić information content (AvgIpc) is 3.35. The van der Waals surface area contributed by atoms with Gasteiger partial charge in [0, 0.05) is 35.4 Å². The van der Waals surface area contributed by atoms with Gasteiger partial charge in [-0.3, -0.25) is 14.3 Å². The predicted molar refractivity (Wildman–Crippen MR) is 145 cm³/mol. The van der Waals surface area contributed by atoms with Crippen LogP contribution in [0.25, 0.3) is 22.2 Å². The van der Waals surface area contributed by atoms with E-state index >= 15 is 0 Å². The van der Waals surface area contributed by atoms with Gasteiger partial charge in [0.2, 0.25) is 5.91 Å². The highest BCUT2D eigenvalue weighted by Gasteiger charge is 2.22. The first-order chi connectivity index (χ1) is 17.9. The Bertz CT molecular complexity index is 1450. The van der Waals surface area contributed by atoms with E-state index in [-0.39, 0.29) is 23.9 Å². The van der Waals surface area contributed by atoms with Crippen molar-refractivity contribution in [1.29, 1.82) is 0 Å². The molecule has 1 unspecified atom stereocenters. The molecule has 1 aliphatic rings. The molecule has 8 nitrogen and oxygen atoms in total. The van der Waals surface area contributed by atoms with Crippen LogP contribution in [0, 0.1) is 6.92 Å². The molecule has 1 aliphatic heterocycles. The molecule has 2 atom stereocenters. The van der Waals surface area contributed by atoms with Gasteiger partial charge in [0.05, 0.1) is 29.5 Å². The minimum Gasteiger partial charge on any atom is -0.345 e. The standard InChI is InChI=1S/C29H32N6O2/c1-18-11-12-21(33-29(37)26-10-6-7-13-30-26)14-23(18)28(36)32-19(2)24-15-27(20-16-31-35(3)17-20)34-25-9-5-4-8-22(24)25/h4-5,8-9,11-12,14-17,19,26,30H,6-7,10,13H2,1-3H3,(H,32,36)(H,33,37)/t19-,26?/m1/s1. The van der Waals surface area contributed by atoms with Crippen LogP contribution in [0.2, 0.25) is 0 Å². The monoisotopic (exact) mass is 496 g/mol. The number of piperidine rings is 1. The smallest absolute Gasteiger partial charge is 0.252 e. The maximum Gasteiger partial charge on any atom is 0.252 e. The highest BCUT2D eigenvalue weighted by Crippen LogP contribution is 2.29. The Labute approximate surface area is 216 Å². The number of benzene rings is 2. The fourth-order valence-corrected chi connectivity index (χ4v) is 4.86. The molecule has 1 fully saturated rings. The van der Waals surface area contributed by atoms with Crippen LogP contribution in [0.1, 0.15) is 53.7 Å². The van der Waals surface area contributed by atoms with Crippen molar-refractivity contribution in [3.63, 3.8) is 0 Å². The second-order valence-corrected chi connectivity index (χ2v) is 9.73. The molecule has 3 heterocycles. The molecule has 0 saturated carbocycles. The van der Waals surface area contributed by atoms with Gasteiger partial charge in [0.25, 0.3) is 5.91 Å². The van der Waals surface area contributed by atoms with E-state index in [9.17, 15) is 9.59 Å². The first-order valence-electron chi connectivity index (χ1n) is 12.7. The molecule has 2 aromatic carbocycles. The van der Waals surface area contributed by atoms with Crippen molar-refractivity contribution < 1.29 is 9.59 Å². The van der Waals surface area contributed by atoms with E-state index in [0.717, 1.165) is 59.1 Å². The lowest BCUT2D eigenvalue weighted by atomic mass is 9.99. The number of nitrogens with zero attached hydrogens (tertiary/aromatic N) is 3. The van der Waals surface area contributed by atoms with Crippen molar-refractivity contribution >= 4 is 28.4 Å². The van der Waals surface area contributed by atoms with Gasteiger partial charge in [0.1, 0.15) is 0 Å². The van der Waals surface area contributed by atoms with E-state index in [1.54, 1.807) is 16.9 Å². The predicted octanol–water partition coefficient (Wildman–Crippen LogP) is 4.52. The van der Waals surface area contributed by atoms with Crippen molar-refractivity contribution in [2.75, 3.05) is 11.9 Å². The van der Waals surface area contributed by atoms with E-state index in [1.165, 1.54) is 0 Å². The molecular formula is C29H32N6O2. The van der Waals surface area contributed by atoms with Gasteiger partial charge >= 0.3 is 0 Å². The molecule has 0 spiro atoms. The normalized spacial score (nSPS) is 16.4. The lowest BCUT2D eigenvalue weighted by Gasteiger charge is -2.23. The van der Waals surface area contributed by atoms with Gasteiger partial charge in [-0.2, -0.15) is 5.10 Å². The van der Waals surface area contributed by atoms with Crippen LogP contribution in [-0.4, -0.2) is 39.2 Å².